The van der Waals surface area contributed by atoms with E-state index in [1.165, 1.54) is 10.4 Å². The third-order valence-electron chi connectivity index (χ3n) is 4.99. The number of ether oxygens (including phenoxy) is 1. The second kappa shape index (κ2) is 11.5. The molecule has 8 nitrogen and oxygen atoms in total. The Morgan fingerprint density at radius 1 is 1.03 bits per heavy atom. The first-order valence-electron chi connectivity index (χ1n) is 10.7. The molecule has 0 saturated carbocycles. The zero-order valence-corrected chi connectivity index (χ0v) is 20.8. The number of nitrogens with zero attached hydrogens (tertiary/aromatic N) is 3. The highest BCUT2D eigenvalue weighted by molar-refractivity contribution is 7.89. The summed E-state index contributed by atoms with van der Waals surface area (Å²) in [4.78, 5) is 19.4. The monoisotopic (exact) mass is 482 g/mol. The zero-order valence-electron chi connectivity index (χ0n) is 19.2. The zero-order chi connectivity index (χ0) is 23.9. The number of nitrogens with one attached hydrogen (secondary N) is 1. The number of benzene rings is 1. The number of carbonyl (C=O) groups excluding carboxylic acids is 1. The first-order chi connectivity index (χ1) is 15.2. The molecule has 10 heteroatoms. The Labute approximate surface area is 195 Å². The molecule has 0 spiro atoms. The third-order valence-corrected chi connectivity index (χ3v) is 7.34. The molecule has 0 fully saturated rings. The molecule has 0 saturated heterocycles. The van der Waals surface area contributed by atoms with Crippen LogP contribution in [0.1, 0.15) is 45.1 Å². The van der Waals surface area contributed by atoms with Gasteiger partial charge < -0.3 is 15.0 Å². The molecule has 0 aliphatic rings. The maximum atomic E-state index is 13.1. The predicted octanol–water partition coefficient (Wildman–Crippen LogP) is 4.26. The van der Waals surface area contributed by atoms with Crippen molar-refractivity contribution >= 4 is 38.9 Å². The van der Waals surface area contributed by atoms with Crippen LogP contribution in [0.5, 0.6) is 5.88 Å². The average Bonchev–Trinajstić information content (AvgIpc) is 2.77. The van der Waals surface area contributed by atoms with Crippen LogP contribution in [-0.4, -0.2) is 56.4 Å². The number of carbonyl (C=O) groups is 1. The number of aromatic nitrogens is 1. The smallest absolute Gasteiger partial charge is 0.276 e. The van der Waals surface area contributed by atoms with Crippen molar-refractivity contribution < 1.29 is 17.9 Å². The van der Waals surface area contributed by atoms with Gasteiger partial charge in [-0.05, 0) is 45.0 Å². The van der Waals surface area contributed by atoms with Crippen molar-refractivity contribution in [1.29, 1.82) is 0 Å². The fraction of sp³-hybridized carbons (Fsp3) is 0.455. The minimum Gasteiger partial charge on any atom is -0.478 e. The highest BCUT2D eigenvalue weighted by Gasteiger charge is 2.24. The summed E-state index contributed by atoms with van der Waals surface area (Å²) in [5, 5.41) is 2.98. The lowest BCUT2D eigenvalue weighted by atomic mass is 10.2. The molecule has 1 aromatic heterocycles. The van der Waals surface area contributed by atoms with E-state index in [2.05, 4.69) is 10.3 Å². The molecule has 1 N–H and O–H groups in total. The van der Waals surface area contributed by atoms with Crippen LogP contribution >= 0.6 is 11.6 Å². The summed E-state index contributed by atoms with van der Waals surface area (Å²) in [5.41, 5.74) is 1.07. The van der Waals surface area contributed by atoms with Crippen LogP contribution in [0.3, 0.4) is 0 Å². The van der Waals surface area contributed by atoms with Crippen LogP contribution < -0.4 is 15.0 Å². The summed E-state index contributed by atoms with van der Waals surface area (Å²) in [6, 6.07) is 7.89. The van der Waals surface area contributed by atoms with E-state index in [-0.39, 0.29) is 21.5 Å². The molecular formula is C22H31ClN4O4S. The lowest BCUT2D eigenvalue weighted by molar-refractivity contribution is 0.102. The van der Waals surface area contributed by atoms with Crippen molar-refractivity contribution in [2.45, 2.75) is 39.5 Å². The van der Waals surface area contributed by atoms with Crippen LogP contribution in [-0.2, 0) is 10.0 Å². The fourth-order valence-corrected chi connectivity index (χ4v) is 5.00. The maximum absolute atomic E-state index is 13.1. The predicted molar refractivity (Wildman–Crippen MR) is 128 cm³/mol. The van der Waals surface area contributed by atoms with Gasteiger partial charge in [0, 0.05) is 32.2 Å². The van der Waals surface area contributed by atoms with Gasteiger partial charge in [0.1, 0.15) is 0 Å². The molecule has 0 radical (unpaired) electrons. The van der Waals surface area contributed by atoms with Crippen LogP contribution in [0.4, 0.5) is 11.4 Å². The molecule has 1 heterocycles. The highest BCUT2D eigenvalue weighted by Crippen LogP contribution is 2.31. The SMILES string of the molecule is CCOc1ccc(Cl)c(C(=O)Nc2cc(S(=O)(=O)N(CC)CC)ccc2N(CC)CC)n1. The van der Waals surface area contributed by atoms with Gasteiger partial charge in [-0.1, -0.05) is 25.4 Å². The normalized spacial score (nSPS) is 11.5. The largest absolute Gasteiger partial charge is 0.478 e. The molecular weight excluding hydrogens is 452 g/mol. The molecule has 0 unspecified atom stereocenters. The lowest BCUT2D eigenvalue weighted by Crippen LogP contribution is -2.31. The molecule has 0 aliphatic heterocycles. The second-order valence-corrected chi connectivity index (χ2v) is 9.15. The Hall–Kier alpha value is -2.36. The number of halogens is 1. The topological polar surface area (TPSA) is 91.8 Å². The molecule has 0 bridgehead atoms. The summed E-state index contributed by atoms with van der Waals surface area (Å²) in [6.45, 7) is 11.8. The van der Waals surface area contributed by atoms with Gasteiger partial charge in [0.05, 0.1) is 27.9 Å². The molecule has 0 atom stereocenters. The van der Waals surface area contributed by atoms with Gasteiger partial charge in [0.2, 0.25) is 15.9 Å². The minimum absolute atomic E-state index is 0.000108. The summed E-state index contributed by atoms with van der Waals surface area (Å²) in [5.74, 6) is -0.272. The molecule has 32 heavy (non-hydrogen) atoms. The Bertz CT molecular complexity index is 1040. The van der Waals surface area contributed by atoms with Crippen LogP contribution in [0.15, 0.2) is 35.2 Å². The molecule has 0 aliphatic carbocycles. The van der Waals surface area contributed by atoms with Gasteiger partial charge in [0.25, 0.3) is 5.91 Å². The first-order valence-corrected chi connectivity index (χ1v) is 12.5. The van der Waals surface area contributed by atoms with Crippen molar-refractivity contribution in [3.63, 3.8) is 0 Å². The van der Waals surface area contributed by atoms with Crippen LogP contribution in [0.2, 0.25) is 5.02 Å². The molecule has 1 amide bonds. The Morgan fingerprint density at radius 2 is 1.69 bits per heavy atom. The van der Waals surface area contributed by atoms with E-state index in [1.807, 2.05) is 25.7 Å². The number of rotatable bonds is 11. The lowest BCUT2D eigenvalue weighted by Gasteiger charge is -2.26. The van der Waals surface area contributed by atoms with E-state index < -0.39 is 15.9 Å². The number of anilines is 2. The number of sulfonamides is 1. The summed E-state index contributed by atoms with van der Waals surface area (Å²) in [6.07, 6.45) is 0. The van der Waals surface area contributed by atoms with Gasteiger partial charge in [-0.2, -0.15) is 4.31 Å². The van der Waals surface area contributed by atoms with Crippen molar-refractivity contribution in [1.82, 2.24) is 9.29 Å². The van der Waals surface area contributed by atoms with Crippen LogP contribution in [0.25, 0.3) is 0 Å². The van der Waals surface area contributed by atoms with Gasteiger partial charge in [-0.25, -0.2) is 13.4 Å². The Balaban J connectivity index is 2.54. The van der Waals surface area contributed by atoms with Crippen molar-refractivity contribution in [2.24, 2.45) is 0 Å². The van der Waals surface area contributed by atoms with E-state index in [4.69, 9.17) is 16.3 Å². The molecule has 1 aromatic carbocycles. The minimum atomic E-state index is -3.70. The average molecular weight is 483 g/mol. The van der Waals surface area contributed by atoms with Gasteiger partial charge in [0.15, 0.2) is 5.69 Å². The number of pyridine rings is 1. The number of hydrogen-bond donors (Lipinski definition) is 1. The van der Waals surface area contributed by atoms with Crippen molar-refractivity contribution in [3.8, 4) is 5.88 Å². The maximum Gasteiger partial charge on any atom is 0.276 e. The fourth-order valence-electron chi connectivity index (χ4n) is 3.32. The number of amides is 1. The van der Waals surface area contributed by atoms with E-state index >= 15 is 0 Å². The summed E-state index contributed by atoms with van der Waals surface area (Å²) in [7, 11) is -3.70. The van der Waals surface area contributed by atoms with E-state index in [0.717, 1.165) is 0 Å². The van der Waals surface area contributed by atoms with E-state index in [9.17, 15) is 13.2 Å². The van der Waals surface area contributed by atoms with Crippen molar-refractivity contribution in [2.75, 3.05) is 43.0 Å². The quantitative estimate of drug-likeness (QED) is 0.514. The van der Waals surface area contributed by atoms with E-state index in [0.29, 0.717) is 44.2 Å². The Morgan fingerprint density at radius 3 is 2.25 bits per heavy atom. The third kappa shape index (κ3) is 5.70. The van der Waals surface area contributed by atoms with Crippen LogP contribution in [0, 0.1) is 0 Å². The molecule has 2 aromatic rings. The standard InChI is InChI=1S/C22H31ClN4O4S/c1-6-26(7-2)19-13-11-16(32(29,30)27(8-3)9-4)15-18(19)24-22(28)21-17(23)12-14-20(25-21)31-10-5/h11-15H,6-10H2,1-5H3,(H,24,28). The van der Waals surface area contributed by atoms with Gasteiger partial charge in [-0.3, -0.25) is 4.79 Å². The van der Waals surface area contributed by atoms with E-state index in [1.54, 1.807) is 38.1 Å². The highest BCUT2D eigenvalue weighted by atomic mass is 35.5. The summed E-state index contributed by atoms with van der Waals surface area (Å²) >= 11 is 6.21. The first kappa shape index (κ1) is 25.9. The van der Waals surface area contributed by atoms with Crippen molar-refractivity contribution in [3.05, 3.63) is 41.0 Å². The summed E-state index contributed by atoms with van der Waals surface area (Å²) < 4.78 is 32.8. The Kier molecular flexibility index (Phi) is 9.30. The second-order valence-electron chi connectivity index (χ2n) is 6.81. The van der Waals surface area contributed by atoms with Gasteiger partial charge >= 0.3 is 0 Å². The molecule has 176 valence electrons. The number of hydrogen-bond acceptors (Lipinski definition) is 6. The molecule has 2 rings (SSSR count). The van der Waals surface area contributed by atoms with Gasteiger partial charge in [-0.15, -0.1) is 0 Å².